The van der Waals surface area contributed by atoms with Crippen LogP contribution in [0.25, 0.3) is 0 Å². The predicted molar refractivity (Wildman–Crippen MR) is 73.5 cm³/mol. The zero-order valence-corrected chi connectivity index (χ0v) is 10.8. The summed E-state index contributed by atoms with van der Waals surface area (Å²) in [6, 6.07) is 10.3. The van der Waals surface area contributed by atoms with E-state index in [0.717, 1.165) is 10.7 Å². The molecule has 0 unspecified atom stereocenters. The topological polar surface area (TPSA) is 3.24 Å². The van der Waals surface area contributed by atoms with E-state index in [1.54, 1.807) is 0 Å². The first-order chi connectivity index (χ1) is 7.49. The quantitative estimate of drug-likeness (QED) is 0.709. The third kappa shape index (κ3) is 2.17. The van der Waals surface area contributed by atoms with E-state index in [1.165, 1.54) is 5.70 Å². The molecule has 0 spiro atoms. The van der Waals surface area contributed by atoms with Crippen LogP contribution in [0, 0.1) is 5.41 Å². The van der Waals surface area contributed by atoms with Crippen molar-refractivity contribution in [1.29, 1.82) is 0 Å². The second-order valence-electron chi connectivity index (χ2n) is 4.78. The molecular formula is C14H17NS. The van der Waals surface area contributed by atoms with Crippen molar-refractivity contribution < 1.29 is 0 Å². The van der Waals surface area contributed by atoms with Gasteiger partial charge in [0.2, 0.25) is 0 Å². The zero-order valence-electron chi connectivity index (χ0n) is 9.94. The standard InChI is InChI=1S/C14H17NS/c1-11-9-14(2,3)10-13(16)15(11)12-7-5-4-6-8-12/h4-10,16H,1-3H3. The Hall–Kier alpha value is -1.15. The van der Waals surface area contributed by atoms with Crippen molar-refractivity contribution in [3.05, 3.63) is 53.2 Å². The molecule has 1 aliphatic rings. The van der Waals surface area contributed by atoms with Gasteiger partial charge in [-0.05, 0) is 25.1 Å². The summed E-state index contributed by atoms with van der Waals surface area (Å²) in [5.74, 6) is 0. The van der Waals surface area contributed by atoms with Crippen LogP contribution in [-0.2, 0) is 0 Å². The molecule has 0 N–H and O–H groups in total. The van der Waals surface area contributed by atoms with Gasteiger partial charge in [0.25, 0.3) is 0 Å². The highest BCUT2D eigenvalue weighted by atomic mass is 32.1. The fourth-order valence-corrected chi connectivity index (χ4v) is 2.74. The highest BCUT2D eigenvalue weighted by Crippen LogP contribution is 2.36. The fourth-order valence-electron chi connectivity index (χ4n) is 2.14. The maximum atomic E-state index is 4.59. The molecule has 16 heavy (non-hydrogen) atoms. The first kappa shape index (κ1) is 11.3. The first-order valence-corrected chi connectivity index (χ1v) is 5.91. The van der Waals surface area contributed by atoms with Gasteiger partial charge in [0.05, 0.1) is 5.03 Å². The van der Waals surface area contributed by atoms with Crippen LogP contribution in [0.1, 0.15) is 20.8 Å². The molecule has 1 heterocycles. The van der Waals surface area contributed by atoms with Gasteiger partial charge in [-0.2, -0.15) is 0 Å². The summed E-state index contributed by atoms with van der Waals surface area (Å²) in [5.41, 5.74) is 2.48. The fraction of sp³-hybridized carbons (Fsp3) is 0.286. The van der Waals surface area contributed by atoms with E-state index in [0.29, 0.717) is 0 Å². The van der Waals surface area contributed by atoms with Crippen molar-refractivity contribution in [2.24, 2.45) is 5.41 Å². The lowest BCUT2D eigenvalue weighted by atomic mass is 9.90. The van der Waals surface area contributed by atoms with Crippen LogP contribution in [0.5, 0.6) is 0 Å². The Balaban J connectivity index is 2.42. The summed E-state index contributed by atoms with van der Waals surface area (Å²) < 4.78 is 0. The van der Waals surface area contributed by atoms with Crippen LogP contribution in [0.15, 0.2) is 53.2 Å². The number of nitrogens with zero attached hydrogens (tertiary/aromatic N) is 1. The van der Waals surface area contributed by atoms with E-state index in [9.17, 15) is 0 Å². The van der Waals surface area contributed by atoms with Crippen LogP contribution < -0.4 is 4.90 Å². The van der Waals surface area contributed by atoms with Crippen molar-refractivity contribution in [3.8, 4) is 0 Å². The molecule has 1 nitrogen and oxygen atoms in total. The van der Waals surface area contributed by atoms with Gasteiger partial charge in [-0.25, -0.2) is 0 Å². The molecule has 0 saturated carbocycles. The monoisotopic (exact) mass is 231 g/mol. The number of benzene rings is 1. The normalized spacial score (nSPS) is 19.1. The maximum absolute atomic E-state index is 4.59. The predicted octanol–water partition coefficient (Wildman–Crippen LogP) is 4.21. The summed E-state index contributed by atoms with van der Waals surface area (Å²) in [5, 5.41) is 0.996. The third-order valence-electron chi connectivity index (χ3n) is 2.68. The average Bonchev–Trinajstić information content (AvgIpc) is 2.16. The van der Waals surface area contributed by atoms with Crippen LogP contribution in [-0.4, -0.2) is 0 Å². The van der Waals surface area contributed by atoms with Gasteiger partial charge in [0, 0.05) is 16.8 Å². The Bertz CT molecular complexity index is 421. The molecule has 2 heteroatoms. The molecule has 1 aromatic carbocycles. The molecule has 84 valence electrons. The van der Waals surface area contributed by atoms with Crippen LogP contribution >= 0.6 is 12.6 Å². The molecule has 0 aliphatic carbocycles. The minimum atomic E-state index is 0.0897. The lowest BCUT2D eigenvalue weighted by Gasteiger charge is -2.33. The molecule has 0 amide bonds. The number of para-hydroxylation sites is 1. The highest BCUT2D eigenvalue weighted by Gasteiger charge is 2.23. The molecule has 0 radical (unpaired) electrons. The largest absolute Gasteiger partial charge is 0.310 e. The lowest BCUT2D eigenvalue weighted by molar-refractivity contribution is 0.605. The van der Waals surface area contributed by atoms with Crippen molar-refractivity contribution in [2.45, 2.75) is 20.8 Å². The smallest absolute Gasteiger partial charge is 0.0732 e. The van der Waals surface area contributed by atoms with E-state index in [2.05, 4.69) is 62.6 Å². The number of allylic oxidation sites excluding steroid dienone is 3. The molecule has 0 aromatic heterocycles. The average molecular weight is 231 g/mol. The van der Waals surface area contributed by atoms with Crippen LogP contribution in [0.3, 0.4) is 0 Å². The van der Waals surface area contributed by atoms with Gasteiger partial charge in [0.15, 0.2) is 0 Å². The zero-order chi connectivity index (χ0) is 11.8. The Morgan fingerprint density at radius 2 is 1.69 bits per heavy atom. The summed E-state index contributed by atoms with van der Waals surface area (Å²) >= 11 is 4.59. The third-order valence-corrected chi connectivity index (χ3v) is 3.01. The second kappa shape index (κ2) is 4.02. The second-order valence-corrected chi connectivity index (χ2v) is 5.24. The Labute approximate surface area is 103 Å². The Morgan fingerprint density at radius 1 is 1.06 bits per heavy atom. The number of hydrogen-bond donors (Lipinski definition) is 1. The van der Waals surface area contributed by atoms with Crippen molar-refractivity contribution in [1.82, 2.24) is 0 Å². The van der Waals surface area contributed by atoms with Crippen LogP contribution in [0.2, 0.25) is 0 Å². The molecule has 1 aliphatic heterocycles. The Morgan fingerprint density at radius 3 is 2.25 bits per heavy atom. The lowest BCUT2D eigenvalue weighted by Crippen LogP contribution is -2.25. The van der Waals surface area contributed by atoms with Gasteiger partial charge < -0.3 is 4.90 Å². The summed E-state index contributed by atoms with van der Waals surface area (Å²) in [6.45, 7) is 6.50. The van der Waals surface area contributed by atoms with E-state index >= 15 is 0 Å². The van der Waals surface area contributed by atoms with Gasteiger partial charge in [-0.15, -0.1) is 12.6 Å². The molecule has 0 bridgehead atoms. The SMILES string of the molecule is CC1=CC(C)(C)C=C(S)N1c1ccccc1. The van der Waals surface area contributed by atoms with Gasteiger partial charge in [-0.1, -0.05) is 38.1 Å². The highest BCUT2D eigenvalue weighted by molar-refractivity contribution is 7.84. The van der Waals surface area contributed by atoms with E-state index in [4.69, 9.17) is 0 Å². The number of anilines is 1. The number of thiol groups is 1. The molecular weight excluding hydrogens is 214 g/mol. The van der Waals surface area contributed by atoms with E-state index in [-0.39, 0.29) is 5.41 Å². The molecule has 0 fully saturated rings. The summed E-state index contributed by atoms with van der Waals surface area (Å²) in [7, 11) is 0. The van der Waals surface area contributed by atoms with Gasteiger partial charge in [-0.3, -0.25) is 0 Å². The molecule has 0 saturated heterocycles. The van der Waals surface area contributed by atoms with Crippen molar-refractivity contribution >= 4 is 18.3 Å². The maximum Gasteiger partial charge on any atom is 0.0732 e. The minimum Gasteiger partial charge on any atom is -0.310 e. The number of hydrogen-bond acceptors (Lipinski definition) is 2. The molecule has 0 atom stereocenters. The van der Waals surface area contributed by atoms with Crippen molar-refractivity contribution in [2.75, 3.05) is 4.90 Å². The molecule has 2 rings (SSSR count). The van der Waals surface area contributed by atoms with Gasteiger partial charge >= 0.3 is 0 Å². The molecule has 1 aromatic rings. The van der Waals surface area contributed by atoms with E-state index < -0.39 is 0 Å². The van der Waals surface area contributed by atoms with Crippen LogP contribution in [0.4, 0.5) is 5.69 Å². The number of rotatable bonds is 1. The Kier molecular flexibility index (Phi) is 2.85. The first-order valence-electron chi connectivity index (χ1n) is 5.46. The minimum absolute atomic E-state index is 0.0897. The summed E-state index contributed by atoms with van der Waals surface area (Å²) in [6.07, 6.45) is 4.44. The summed E-state index contributed by atoms with van der Waals surface area (Å²) in [4.78, 5) is 2.16. The van der Waals surface area contributed by atoms with Gasteiger partial charge in [0.1, 0.15) is 0 Å². The van der Waals surface area contributed by atoms with Crippen molar-refractivity contribution in [3.63, 3.8) is 0 Å². The van der Waals surface area contributed by atoms with E-state index in [1.807, 2.05) is 18.2 Å².